The standard InChI is InChI=1S/C15H15FN2O/c1-10-8-13(6-7-14(10)16)18-15(19)11-4-3-5-12(9-11)17-2/h3-9,17H,1-2H3,(H,18,19). The molecular formula is C15H15FN2O. The van der Waals surface area contributed by atoms with E-state index in [9.17, 15) is 9.18 Å². The predicted molar refractivity (Wildman–Crippen MR) is 75.1 cm³/mol. The lowest BCUT2D eigenvalue weighted by Crippen LogP contribution is -2.12. The average Bonchev–Trinajstić information content (AvgIpc) is 2.43. The summed E-state index contributed by atoms with van der Waals surface area (Å²) in [6, 6.07) is 11.7. The van der Waals surface area contributed by atoms with Crippen LogP contribution in [0.5, 0.6) is 0 Å². The lowest BCUT2D eigenvalue weighted by Gasteiger charge is -2.08. The number of carbonyl (C=O) groups is 1. The maximum absolute atomic E-state index is 13.1. The quantitative estimate of drug-likeness (QED) is 0.885. The van der Waals surface area contributed by atoms with Crippen molar-refractivity contribution in [2.45, 2.75) is 6.92 Å². The van der Waals surface area contributed by atoms with Crippen LogP contribution in [0.1, 0.15) is 15.9 Å². The van der Waals surface area contributed by atoms with Gasteiger partial charge in [-0.2, -0.15) is 0 Å². The summed E-state index contributed by atoms with van der Waals surface area (Å²) < 4.78 is 13.1. The first kappa shape index (κ1) is 13.1. The van der Waals surface area contributed by atoms with Crippen LogP contribution in [0.15, 0.2) is 42.5 Å². The van der Waals surface area contributed by atoms with Crippen LogP contribution in [0.3, 0.4) is 0 Å². The molecule has 4 heteroatoms. The van der Waals surface area contributed by atoms with E-state index in [-0.39, 0.29) is 11.7 Å². The van der Waals surface area contributed by atoms with Crippen molar-refractivity contribution in [2.24, 2.45) is 0 Å². The van der Waals surface area contributed by atoms with Crippen LogP contribution < -0.4 is 10.6 Å². The SMILES string of the molecule is CNc1cccc(C(=O)Nc2ccc(F)c(C)c2)c1. The van der Waals surface area contributed by atoms with Crippen LogP contribution in [-0.4, -0.2) is 13.0 Å². The van der Waals surface area contributed by atoms with E-state index in [0.29, 0.717) is 16.8 Å². The molecule has 0 aliphatic carbocycles. The molecule has 98 valence electrons. The molecule has 0 heterocycles. The van der Waals surface area contributed by atoms with E-state index in [1.807, 2.05) is 6.07 Å². The molecule has 0 saturated carbocycles. The zero-order valence-corrected chi connectivity index (χ0v) is 10.8. The Hall–Kier alpha value is -2.36. The van der Waals surface area contributed by atoms with Crippen LogP contribution in [0.4, 0.5) is 15.8 Å². The molecule has 0 radical (unpaired) electrons. The summed E-state index contributed by atoms with van der Waals surface area (Å²) in [6.07, 6.45) is 0. The molecule has 2 N–H and O–H groups in total. The van der Waals surface area contributed by atoms with E-state index in [4.69, 9.17) is 0 Å². The van der Waals surface area contributed by atoms with Gasteiger partial charge in [0.05, 0.1) is 0 Å². The van der Waals surface area contributed by atoms with Gasteiger partial charge in [-0.15, -0.1) is 0 Å². The Kier molecular flexibility index (Phi) is 3.80. The fourth-order valence-electron chi connectivity index (χ4n) is 1.74. The Morgan fingerprint density at radius 3 is 2.58 bits per heavy atom. The molecule has 0 unspecified atom stereocenters. The van der Waals surface area contributed by atoms with Gasteiger partial charge in [0.25, 0.3) is 5.91 Å². The number of halogens is 1. The molecule has 0 spiro atoms. The maximum Gasteiger partial charge on any atom is 0.255 e. The van der Waals surface area contributed by atoms with Crippen molar-refractivity contribution in [1.29, 1.82) is 0 Å². The maximum atomic E-state index is 13.1. The van der Waals surface area contributed by atoms with Crippen LogP contribution in [0.25, 0.3) is 0 Å². The molecule has 2 aromatic rings. The van der Waals surface area contributed by atoms with Gasteiger partial charge in [-0.25, -0.2) is 4.39 Å². The summed E-state index contributed by atoms with van der Waals surface area (Å²) in [5, 5.41) is 5.72. The predicted octanol–water partition coefficient (Wildman–Crippen LogP) is 3.43. The molecule has 0 saturated heterocycles. The lowest BCUT2D eigenvalue weighted by atomic mass is 10.1. The summed E-state index contributed by atoms with van der Waals surface area (Å²) in [5.41, 5.74) is 2.50. The van der Waals surface area contributed by atoms with Gasteiger partial charge < -0.3 is 10.6 Å². The van der Waals surface area contributed by atoms with Crippen molar-refractivity contribution in [3.05, 3.63) is 59.4 Å². The Labute approximate surface area is 111 Å². The van der Waals surface area contributed by atoms with E-state index in [2.05, 4.69) is 10.6 Å². The van der Waals surface area contributed by atoms with Crippen LogP contribution in [0.2, 0.25) is 0 Å². The van der Waals surface area contributed by atoms with E-state index in [1.165, 1.54) is 6.07 Å². The molecule has 19 heavy (non-hydrogen) atoms. The fourth-order valence-corrected chi connectivity index (χ4v) is 1.74. The Balaban J connectivity index is 2.18. The molecule has 0 atom stereocenters. The summed E-state index contributed by atoms with van der Waals surface area (Å²) in [5.74, 6) is -0.502. The third-order valence-electron chi connectivity index (χ3n) is 2.83. The number of amides is 1. The lowest BCUT2D eigenvalue weighted by molar-refractivity contribution is 0.102. The van der Waals surface area contributed by atoms with Gasteiger partial charge in [0.1, 0.15) is 5.82 Å². The molecule has 0 fully saturated rings. The van der Waals surface area contributed by atoms with Crippen molar-refractivity contribution in [1.82, 2.24) is 0 Å². The fraction of sp³-hybridized carbons (Fsp3) is 0.133. The summed E-state index contributed by atoms with van der Waals surface area (Å²) >= 11 is 0. The third kappa shape index (κ3) is 3.10. The number of hydrogen-bond acceptors (Lipinski definition) is 2. The molecule has 0 aromatic heterocycles. The number of nitrogens with one attached hydrogen (secondary N) is 2. The van der Waals surface area contributed by atoms with Gasteiger partial charge in [-0.3, -0.25) is 4.79 Å². The zero-order chi connectivity index (χ0) is 13.8. The van der Waals surface area contributed by atoms with Crippen LogP contribution >= 0.6 is 0 Å². The normalized spacial score (nSPS) is 10.1. The van der Waals surface area contributed by atoms with Crippen molar-refractivity contribution >= 4 is 17.3 Å². The van der Waals surface area contributed by atoms with E-state index >= 15 is 0 Å². The highest BCUT2D eigenvalue weighted by molar-refractivity contribution is 6.04. The first-order chi connectivity index (χ1) is 9.10. The second-order valence-electron chi connectivity index (χ2n) is 4.25. The number of anilines is 2. The highest BCUT2D eigenvalue weighted by Crippen LogP contribution is 2.16. The van der Waals surface area contributed by atoms with Gasteiger partial charge in [-0.05, 0) is 48.9 Å². The molecule has 2 aromatic carbocycles. The van der Waals surface area contributed by atoms with Crippen molar-refractivity contribution in [3.63, 3.8) is 0 Å². The number of carbonyl (C=O) groups excluding carboxylic acids is 1. The number of benzene rings is 2. The monoisotopic (exact) mass is 258 g/mol. The number of aryl methyl sites for hydroxylation is 1. The van der Waals surface area contributed by atoms with Crippen LogP contribution in [-0.2, 0) is 0 Å². The summed E-state index contributed by atoms with van der Waals surface area (Å²) in [7, 11) is 1.79. The molecule has 2 rings (SSSR count). The smallest absolute Gasteiger partial charge is 0.255 e. The summed E-state index contributed by atoms with van der Waals surface area (Å²) in [4.78, 5) is 12.0. The second-order valence-corrected chi connectivity index (χ2v) is 4.25. The molecule has 3 nitrogen and oxygen atoms in total. The van der Waals surface area contributed by atoms with Crippen molar-refractivity contribution in [3.8, 4) is 0 Å². The molecular weight excluding hydrogens is 243 g/mol. The highest BCUT2D eigenvalue weighted by Gasteiger charge is 2.07. The Morgan fingerprint density at radius 2 is 1.89 bits per heavy atom. The van der Waals surface area contributed by atoms with Gasteiger partial charge in [0, 0.05) is 24.0 Å². The van der Waals surface area contributed by atoms with Gasteiger partial charge in [-0.1, -0.05) is 6.07 Å². The Bertz CT molecular complexity index is 611. The Morgan fingerprint density at radius 1 is 1.11 bits per heavy atom. The molecule has 1 amide bonds. The summed E-state index contributed by atoms with van der Waals surface area (Å²) in [6.45, 7) is 1.66. The van der Waals surface area contributed by atoms with E-state index in [0.717, 1.165) is 5.69 Å². The molecule has 0 bridgehead atoms. The number of rotatable bonds is 3. The number of hydrogen-bond donors (Lipinski definition) is 2. The molecule has 0 aliphatic heterocycles. The minimum Gasteiger partial charge on any atom is -0.388 e. The van der Waals surface area contributed by atoms with Crippen molar-refractivity contribution < 1.29 is 9.18 Å². The molecule has 0 aliphatic rings. The van der Waals surface area contributed by atoms with Gasteiger partial charge in [0.2, 0.25) is 0 Å². The van der Waals surface area contributed by atoms with Crippen molar-refractivity contribution in [2.75, 3.05) is 17.7 Å². The first-order valence-corrected chi connectivity index (χ1v) is 5.95. The topological polar surface area (TPSA) is 41.1 Å². The van der Waals surface area contributed by atoms with Gasteiger partial charge in [0.15, 0.2) is 0 Å². The largest absolute Gasteiger partial charge is 0.388 e. The minimum atomic E-state index is -0.282. The highest BCUT2D eigenvalue weighted by atomic mass is 19.1. The van der Waals surface area contributed by atoms with Crippen LogP contribution in [0, 0.1) is 12.7 Å². The average molecular weight is 258 g/mol. The minimum absolute atomic E-state index is 0.219. The zero-order valence-electron chi connectivity index (χ0n) is 10.8. The third-order valence-corrected chi connectivity index (χ3v) is 2.83. The van der Waals surface area contributed by atoms with Gasteiger partial charge >= 0.3 is 0 Å². The second kappa shape index (κ2) is 5.52. The van der Waals surface area contributed by atoms with E-state index < -0.39 is 0 Å². The first-order valence-electron chi connectivity index (χ1n) is 5.95. The van der Waals surface area contributed by atoms with E-state index in [1.54, 1.807) is 44.3 Å².